The van der Waals surface area contributed by atoms with Gasteiger partial charge in [0.1, 0.15) is 0 Å². The van der Waals surface area contributed by atoms with Gasteiger partial charge >= 0.3 is 120 Å². The smallest absolute Gasteiger partial charge is 0.0470 e. The molecule has 6 heteroatoms. The molecule has 3 heterocycles. The van der Waals surface area contributed by atoms with Crippen molar-refractivity contribution in [3.63, 3.8) is 0 Å². The van der Waals surface area contributed by atoms with Crippen molar-refractivity contribution in [2.75, 3.05) is 0 Å². The number of nitrogens with zero attached hydrogens (tertiary/aromatic N) is 2. The fraction of sp³-hybridized carbons (Fsp3) is 0.243. The van der Waals surface area contributed by atoms with E-state index in [4.69, 9.17) is 2.74 Å². The molecular formula is C37H37FGeIrN2S-2. The Morgan fingerprint density at radius 3 is 2.30 bits per heavy atom. The van der Waals surface area contributed by atoms with E-state index in [9.17, 15) is 4.39 Å². The van der Waals surface area contributed by atoms with Crippen LogP contribution in [0.1, 0.15) is 53.4 Å². The van der Waals surface area contributed by atoms with Crippen LogP contribution in [-0.2, 0) is 20.1 Å². The number of aromatic nitrogens is 2. The average molecular weight is 828 g/mol. The van der Waals surface area contributed by atoms with Crippen LogP contribution in [0.5, 0.6) is 0 Å². The van der Waals surface area contributed by atoms with Crippen molar-refractivity contribution < 1.29 is 27.2 Å². The molecule has 0 bridgehead atoms. The van der Waals surface area contributed by atoms with Gasteiger partial charge in [-0.05, 0) is 39.2 Å². The van der Waals surface area contributed by atoms with Crippen LogP contribution >= 0.6 is 11.3 Å². The normalized spacial score (nSPS) is 12.7. The number of fused-ring (bicyclic) bond motifs is 3. The van der Waals surface area contributed by atoms with Crippen LogP contribution in [0.3, 0.4) is 0 Å². The van der Waals surface area contributed by atoms with Crippen molar-refractivity contribution in [3.8, 4) is 22.5 Å². The van der Waals surface area contributed by atoms with Crippen LogP contribution < -0.4 is 4.40 Å². The first-order chi connectivity index (χ1) is 20.6. The SMILES string of the molecule is [2H]C(C)(C)c1cc(-c2[c-]cccc2)nc[c]1[Ge]([CH3])([CH3])[CH3].[2H]C(C)(C)c1ccnc(-c2[c-]cc(F)c3c2sc2ccccc23)c1.[Ir]. The zero-order chi connectivity index (χ0) is 31.9. The van der Waals surface area contributed by atoms with Crippen LogP contribution in [0.4, 0.5) is 4.39 Å². The maximum Gasteiger partial charge on any atom is 0.0470 e. The van der Waals surface area contributed by atoms with Crippen LogP contribution in [-0.4, -0.2) is 23.2 Å². The van der Waals surface area contributed by atoms with Gasteiger partial charge in [-0.15, -0.1) is 17.7 Å². The predicted octanol–water partition coefficient (Wildman–Crippen LogP) is 10.4. The van der Waals surface area contributed by atoms with Crippen LogP contribution in [0.15, 0.2) is 85.2 Å². The van der Waals surface area contributed by atoms with Gasteiger partial charge in [-0.1, -0.05) is 43.7 Å². The van der Waals surface area contributed by atoms with E-state index in [0.717, 1.165) is 48.4 Å². The minimum atomic E-state index is -2.03. The molecule has 0 atom stereocenters. The molecule has 6 aromatic rings. The van der Waals surface area contributed by atoms with Crippen molar-refractivity contribution in [3.05, 3.63) is 114 Å². The molecule has 0 N–H and O–H groups in total. The van der Waals surface area contributed by atoms with Crippen molar-refractivity contribution in [1.29, 1.82) is 0 Å². The van der Waals surface area contributed by atoms with Crippen LogP contribution in [0.25, 0.3) is 42.7 Å². The third-order valence-electron chi connectivity index (χ3n) is 7.23. The second-order valence-electron chi connectivity index (χ2n) is 11.9. The van der Waals surface area contributed by atoms with Crippen molar-refractivity contribution >= 4 is 49.2 Å². The molecule has 0 aliphatic carbocycles. The maximum atomic E-state index is 14.4. The molecule has 0 amide bonds. The summed E-state index contributed by atoms with van der Waals surface area (Å²) >= 11 is -0.473. The largest absolute Gasteiger partial charge is 0.305 e. The number of hydrogen-bond donors (Lipinski definition) is 0. The molecule has 0 fully saturated rings. The summed E-state index contributed by atoms with van der Waals surface area (Å²) in [6.07, 6.45) is 3.71. The summed E-state index contributed by atoms with van der Waals surface area (Å²) in [5.41, 5.74) is 5.41. The Morgan fingerprint density at radius 2 is 1.63 bits per heavy atom. The number of hydrogen-bond acceptors (Lipinski definition) is 3. The minimum Gasteiger partial charge on any atom is -0.305 e. The first kappa shape index (κ1) is 30.3. The number of halogens is 1. The van der Waals surface area contributed by atoms with Gasteiger partial charge in [0.2, 0.25) is 0 Å². The van der Waals surface area contributed by atoms with Crippen LogP contribution in [0, 0.1) is 17.9 Å². The van der Waals surface area contributed by atoms with Crippen molar-refractivity contribution in [2.24, 2.45) is 0 Å². The molecule has 0 unspecified atom stereocenters. The molecule has 0 spiro atoms. The van der Waals surface area contributed by atoms with Gasteiger partial charge in [-0.3, -0.25) is 4.39 Å². The van der Waals surface area contributed by atoms with Crippen molar-refractivity contribution in [2.45, 2.75) is 56.8 Å². The van der Waals surface area contributed by atoms with E-state index < -0.39 is 25.1 Å². The van der Waals surface area contributed by atoms with Gasteiger partial charge in [-0.25, -0.2) is 0 Å². The number of thiophene rings is 1. The molecule has 3 aromatic heterocycles. The first-order valence-electron chi connectivity index (χ1n) is 15.1. The van der Waals surface area contributed by atoms with E-state index in [2.05, 4.69) is 45.4 Å². The third-order valence-corrected chi connectivity index (χ3v) is 12.6. The Labute approximate surface area is 278 Å². The summed E-state index contributed by atoms with van der Waals surface area (Å²) in [5, 5.41) is 1.55. The molecule has 223 valence electrons. The number of rotatable bonds is 5. The Kier molecular flexibility index (Phi) is 9.84. The van der Waals surface area contributed by atoms with Crippen LogP contribution in [0.2, 0.25) is 17.3 Å². The summed E-state index contributed by atoms with van der Waals surface area (Å²) in [6.45, 7) is 7.60. The summed E-state index contributed by atoms with van der Waals surface area (Å²) in [6, 6.07) is 29.2. The zero-order valence-electron chi connectivity index (χ0n) is 27.6. The molecule has 6 rings (SSSR count). The second-order valence-corrected chi connectivity index (χ2v) is 23.5. The number of benzene rings is 3. The first-order valence-corrected chi connectivity index (χ1v) is 22.3. The summed E-state index contributed by atoms with van der Waals surface area (Å²) in [7, 11) is 0. The van der Waals surface area contributed by atoms with E-state index in [1.165, 1.54) is 10.5 Å². The van der Waals surface area contributed by atoms with Gasteiger partial charge < -0.3 is 4.98 Å². The molecule has 0 aliphatic heterocycles. The van der Waals surface area contributed by atoms with E-state index in [1.807, 2.05) is 94.6 Å². The fourth-order valence-electron chi connectivity index (χ4n) is 4.97. The minimum absolute atomic E-state index is 0. The van der Waals surface area contributed by atoms with E-state index in [-0.39, 0.29) is 25.9 Å². The Hall–Kier alpha value is -2.70. The Bertz CT molecular complexity index is 1940. The Morgan fingerprint density at radius 1 is 0.884 bits per heavy atom. The summed E-state index contributed by atoms with van der Waals surface area (Å²) < 4.78 is 34.3. The maximum absolute atomic E-state index is 14.4. The quantitative estimate of drug-likeness (QED) is 0.128. The topological polar surface area (TPSA) is 25.8 Å². The molecule has 3 aromatic carbocycles. The van der Waals surface area contributed by atoms with E-state index in [0.29, 0.717) is 5.39 Å². The number of pyridine rings is 2. The third kappa shape index (κ3) is 7.34. The molecule has 43 heavy (non-hydrogen) atoms. The molecule has 0 saturated carbocycles. The van der Waals surface area contributed by atoms with E-state index >= 15 is 0 Å². The molecule has 0 aliphatic rings. The molecule has 2 nitrogen and oxygen atoms in total. The summed E-state index contributed by atoms with van der Waals surface area (Å²) in [4.78, 5) is 9.06. The Balaban J connectivity index is 0.000000204. The molecular weight excluding hydrogens is 788 g/mol. The van der Waals surface area contributed by atoms with Gasteiger partial charge in [0.15, 0.2) is 0 Å². The second kappa shape index (κ2) is 13.9. The zero-order valence-corrected chi connectivity index (χ0v) is 30.9. The summed E-state index contributed by atoms with van der Waals surface area (Å²) in [5.74, 6) is 5.47. The predicted molar refractivity (Wildman–Crippen MR) is 181 cm³/mol. The monoisotopic (exact) mass is 829 g/mol. The molecule has 0 saturated heterocycles. The van der Waals surface area contributed by atoms with Crippen molar-refractivity contribution in [1.82, 2.24) is 9.97 Å². The fourth-order valence-corrected chi connectivity index (χ4v) is 9.51. The molecule has 1 radical (unpaired) electrons. The average Bonchev–Trinajstić information content (AvgIpc) is 3.37. The van der Waals surface area contributed by atoms with Gasteiger partial charge in [-0.2, -0.15) is 11.3 Å². The van der Waals surface area contributed by atoms with Gasteiger partial charge in [0.25, 0.3) is 0 Å². The van der Waals surface area contributed by atoms with Gasteiger partial charge in [0.05, 0.1) is 0 Å². The standard InChI is InChI=1S/C20H15FNS.C17H22GeN.Ir/c1-12(2)13-9-10-22-17(11-13)14-7-8-16(21)19-15-5-3-4-6-18(15)23-20(14)19;1-13(2)15-11-17(14-9-7-6-8-10-14)19-12-16(15)18(3,4)5;/h3-6,8-12H,1-2H3;6-9,11-13H,1-5H3;/q2*-1;/i12D;13D;. The van der Waals surface area contributed by atoms with Gasteiger partial charge in [0, 0.05) is 38.2 Å². The van der Waals surface area contributed by atoms with E-state index in [1.54, 1.807) is 17.5 Å².